The molecular weight excluding hydrogens is 216 g/mol. The van der Waals surface area contributed by atoms with Crippen molar-refractivity contribution in [2.24, 2.45) is 0 Å². The Morgan fingerprint density at radius 1 is 0.833 bits per heavy atom. The third-order valence-electron chi connectivity index (χ3n) is 3.12. The van der Waals surface area contributed by atoms with E-state index in [1.165, 1.54) is 11.1 Å². The number of hydrogen-bond donors (Lipinski definition) is 0. The van der Waals surface area contributed by atoms with Crippen molar-refractivity contribution in [1.29, 1.82) is 0 Å². The number of hydrogen-bond acceptors (Lipinski definition) is 0. The standard InChI is InChI=1S/C18H16/c1-3-8-15(9-4-1)17-12-7-13-18(14-17)16-10-5-2-6-11-16/h1,3-5,7-14H,2,6H2/i2D2. The molecule has 0 heterocycles. The lowest BCUT2D eigenvalue weighted by molar-refractivity contribution is 1.04. The van der Waals surface area contributed by atoms with E-state index in [9.17, 15) is 0 Å². The minimum absolute atomic E-state index is 0.439. The van der Waals surface area contributed by atoms with Crippen molar-refractivity contribution in [2.75, 3.05) is 0 Å². The molecule has 0 amide bonds. The summed E-state index contributed by atoms with van der Waals surface area (Å²) in [7, 11) is 0. The largest absolute Gasteiger partial charge is 0.0836 e. The SMILES string of the molecule is [2H]C1([2H])C=CC(c2cccc(-c3ccccc3)c2)=CC1. The highest BCUT2D eigenvalue weighted by Crippen LogP contribution is 2.26. The number of allylic oxidation sites excluding steroid dienone is 4. The van der Waals surface area contributed by atoms with E-state index in [2.05, 4.69) is 36.4 Å². The van der Waals surface area contributed by atoms with Crippen molar-refractivity contribution in [1.82, 2.24) is 0 Å². The molecule has 3 rings (SSSR count). The maximum atomic E-state index is 7.69. The minimum Gasteiger partial charge on any atom is -0.0836 e. The molecule has 88 valence electrons. The Hall–Kier alpha value is -2.08. The zero-order chi connectivity index (χ0) is 14.0. The zero-order valence-electron chi connectivity index (χ0n) is 12.1. The highest BCUT2D eigenvalue weighted by Gasteiger charge is 2.03. The summed E-state index contributed by atoms with van der Waals surface area (Å²) >= 11 is 0. The second-order valence-corrected chi connectivity index (χ2v) is 4.35. The predicted octanol–water partition coefficient (Wildman–Crippen LogP) is 5.09. The fourth-order valence-electron chi connectivity index (χ4n) is 2.18. The first kappa shape index (κ1) is 8.93. The van der Waals surface area contributed by atoms with Crippen LogP contribution in [0.3, 0.4) is 0 Å². The summed E-state index contributed by atoms with van der Waals surface area (Å²) in [6, 6.07) is 18.7. The molecule has 0 radical (unpaired) electrons. The molecule has 0 bridgehead atoms. The monoisotopic (exact) mass is 234 g/mol. The molecular formula is C18H16. The van der Waals surface area contributed by atoms with Crippen LogP contribution in [0.25, 0.3) is 16.7 Å². The maximum absolute atomic E-state index is 7.69. The lowest BCUT2D eigenvalue weighted by Crippen LogP contribution is -1.87. The van der Waals surface area contributed by atoms with Crippen molar-refractivity contribution in [3.8, 4) is 11.1 Å². The summed E-state index contributed by atoms with van der Waals surface area (Å²) in [6.07, 6.45) is 4.74. The van der Waals surface area contributed by atoms with Crippen LogP contribution in [-0.2, 0) is 0 Å². The van der Waals surface area contributed by atoms with Gasteiger partial charge in [-0.2, -0.15) is 0 Å². The number of benzene rings is 2. The van der Waals surface area contributed by atoms with Crippen LogP contribution in [0.2, 0.25) is 0 Å². The summed E-state index contributed by atoms with van der Waals surface area (Å²) in [5.74, 6) is 0. The third-order valence-corrected chi connectivity index (χ3v) is 3.12. The van der Waals surface area contributed by atoms with Crippen LogP contribution in [0.5, 0.6) is 0 Å². The molecule has 0 aromatic heterocycles. The molecule has 0 fully saturated rings. The molecule has 0 atom stereocenters. The fraction of sp³-hybridized carbons (Fsp3) is 0.111. The average molecular weight is 234 g/mol. The molecule has 0 heteroatoms. The quantitative estimate of drug-likeness (QED) is 0.679. The Morgan fingerprint density at radius 2 is 1.61 bits per heavy atom. The lowest BCUT2D eigenvalue weighted by Gasteiger charge is -2.09. The molecule has 0 aliphatic heterocycles. The highest BCUT2D eigenvalue weighted by atomic mass is 14.1. The first-order chi connectivity index (χ1) is 9.64. The lowest BCUT2D eigenvalue weighted by atomic mass is 9.96. The van der Waals surface area contributed by atoms with Gasteiger partial charge in [0.15, 0.2) is 0 Å². The molecule has 18 heavy (non-hydrogen) atoms. The molecule has 1 aliphatic rings. The van der Waals surface area contributed by atoms with E-state index in [-0.39, 0.29) is 0 Å². The summed E-state index contributed by atoms with van der Waals surface area (Å²) < 4.78 is 15.4. The van der Waals surface area contributed by atoms with Crippen LogP contribution >= 0.6 is 0 Å². The summed E-state index contributed by atoms with van der Waals surface area (Å²) in [5.41, 5.74) is 4.62. The second-order valence-electron chi connectivity index (χ2n) is 4.35. The minimum atomic E-state index is -1.21. The fourth-order valence-corrected chi connectivity index (χ4v) is 2.18. The van der Waals surface area contributed by atoms with Gasteiger partial charge in [-0.3, -0.25) is 0 Å². The maximum Gasteiger partial charge on any atom is 0.0313 e. The van der Waals surface area contributed by atoms with E-state index in [0.29, 0.717) is 6.42 Å². The van der Waals surface area contributed by atoms with Gasteiger partial charge in [0.25, 0.3) is 0 Å². The van der Waals surface area contributed by atoms with Crippen LogP contribution in [0.15, 0.2) is 72.8 Å². The van der Waals surface area contributed by atoms with E-state index >= 15 is 0 Å². The average Bonchev–Trinajstić information content (AvgIpc) is 2.48. The highest BCUT2D eigenvalue weighted by molar-refractivity contribution is 5.78. The van der Waals surface area contributed by atoms with Gasteiger partial charge in [-0.25, -0.2) is 0 Å². The Labute approximate surface area is 111 Å². The Morgan fingerprint density at radius 3 is 2.39 bits per heavy atom. The summed E-state index contributed by atoms with van der Waals surface area (Å²) in [4.78, 5) is 0. The van der Waals surface area contributed by atoms with Gasteiger partial charge in [0, 0.05) is 2.74 Å². The first-order valence-electron chi connectivity index (χ1n) is 7.19. The van der Waals surface area contributed by atoms with Gasteiger partial charge in [0.1, 0.15) is 0 Å². The Bertz CT molecular complexity index is 667. The number of rotatable bonds is 2. The van der Waals surface area contributed by atoms with Gasteiger partial charge in [0.05, 0.1) is 0 Å². The molecule has 2 aromatic rings. The van der Waals surface area contributed by atoms with E-state index < -0.39 is 6.37 Å². The molecule has 2 aromatic carbocycles. The Balaban J connectivity index is 1.94. The van der Waals surface area contributed by atoms with Crippen LogP contribution in [0, 0.1) is 0 Å². The molecule has 0 N–H and O–H groups in total. The van der Waals surface area contributed by atoms with Gasteiger partial charge in [-0.15, -0.1) is 0 Å². The van der Waals surface area contributed by atoms with Crippen LogP contribution in [0.1, 0.15) is 21.1 Å². The first-order valence-corrected chi connectivity index (χ1v) is 6.19. The van der Waals surface area contributed by atoms with E-state index in [0.717, 1.165) is 11.1 Å². The predicted molar refractivity (Wildman–Crippen MR) is 78.2 cm³/mol. The Kier molecular flexibility index (Phi) is 2.51. The van der Waals surface area contributed by atoms with Gasteiger partial charge in [0.2, 0.25) is 0 Å². The van der Waals surface area contributed by atoms with Crippen molar-refractivity contribution >= 4 is 5.57 Å². The molecule has 1 aliphatic carbocycles. The second kappa shape index (κ2) is 5.05. The third kappa shape index (κ3) is 2.28. The van der Waals surface area contributed by atoms with Crippen LogP contribution in [-0.4, -0.2) is 0 Å². The van der Waals surface area contributed by atoms with Gasteiger partial charge < -0.3 is 0 Å². The molecule has 0 nitrogen and oxygen atoms in total. The van der Waals surface area contributed by atoms with E-state index in [4.69, 9.17) is 2.74 Å². The van der Waals surface area contributed by atoms with Gasteiger partial charge >= 0.3 is 0 Å². The molecule has 0 saturated heterocycles. The van der Waals surface area contributed by atoms with Crippen molar-refractivity contribution in [3.05, 3.63) is 78.4 Å². The molecule has 0 unspecified atom stereocenters. The van der Waals surface area contributed by atoms with Crippen LogP contribution < -0.4 is 0 Å². The topological polar surface area (TPSA) is 0 Å². The zero-order valence-corrected chi connectivity index (χ0v) is 10.1. The summed E-state index contributed by atoms with van der Waals surface area (Å²) in [6.45, 7) is 0. The van der Waals surface area contributed by atoms with Crippen molar-refractivity contribution < 1.29 is 2.74 Å². The van der Waals surface area contributed by atoms with Gasteiger partial charge in [-0.05, 0) is 41.1 Å². The normalized spacial score (nSPS) is 18.8. The van der Waals surface area contributed by atoms with E-state index in [1.807, 2.05) is 30.4 Å². The summed E-state index contributed by atoms with van der Waals surface area (Å²) in [5, 5.41) is 0. The van der Waals surface area contributed by atoms with Gasteiger partial charge in [-0.1, -0.05) is 66.8 Å². The smallest absolute Gasteiger partial charge is 0.0313 e. The van der Waals surface area contributed by atoms with Crippen molar-refractivity contribution in [2.45, 2.75) is 12.8 Å². The van der Waals surface area contributed by atoms with Crippen molar-refractivity contribution in [3.63, 3.8) is 0 Å². The van der Waals surface area contributed by atoms with Crippen LogP contribution in [0.4, 0.5) is 0 Å². The van der Waals surface area contributed by atoms with E-state index in [1.54, 1.807) is 6.08 Å². The molecule has 0 spiro atoms. The molecule has 0 saturated carbocycles.